The first kappa shape index (κ1) is 22.8. The molecular weight excluding hydrogens is 348 g/mol. The van der Waals surface area contributed by atoms with Gasteiger partial charge in [-0.2, -0.15) is 8.42 Å². The van der Waals surface area contributed by atoms with Gasteiger partial charge in [0.25, 0.3) is 0 Å². The topological polar surface area (TPSA) is 63.6 Å². The molecule has 1 aromatic rings. The van der Waals surface area contributed by atoms with Crippen molar-refractivity contribution in [3.05, 3.63) is 24.3 Å². The average molecular weight is 385 g/mol. The molecular formula is C21H36O4S. The molecule has 0 heterocycles. The Morgan fingerprint density at radius 2 is 1.23 bits per heavy atom. The maximum Gasteiger partial charge on any atom is 0.309 e. The van der Waals surface area contributed by atoms with Gasteiger partial charge in [0.1, 0.15) is 0 Å². The van der Waals surface area contributed by atoms with E-state index in [0.717, 1.165) is 12.8 Å². The van der Waals surface area contributed by atoms with Crippen LogP contribution in [0.15, 0.2) is 24.3 Å². The van der Waals surface area contributed by atoms with E-state index >= 15 is 0 Å². The molecule has 5 heteroatoms. The van der Waals surface area contributed by atoms with E-state index in [1.54, 1.807) is 12.1 Å². The summed E-state index contributed by atoms with van der Waals surface area (Å²) < 4.78 is 28.8. The van der Waals surface area contributed by atoms with Crippen molar-refractivity contribution in [2.45, 2.75) is 90.4 Å². The lowest BCUT2D eigenvalue weighted by Gasteiger charge is -2.08. The minimum Gasteiger partial charge on any atom is -0.504 e. The largest absolute Gasteiger partial charge is 0.504 e. The average Bonchev–Trinajstić information content (AvgIpc) is 2.61. The summed E-state index contributed by atoms with van der Waals surface area (Å²) in [6.07, 6.45) is 15.8. The van der Waals surface area contributed by atoms with Crippen molar-refractivity contribution in [1.82, 2.24) is 0 Å². The number of phenolic OH excluding ortho intramolecular Hbond substituents is 1. The minimum absolute atomic E-state index is 0.000899. The van der Waals surface area contributed by atoms with Crippen LogP contribution in [0.4, 0.5) is 0 Å². The van der Waals surface area contributed by atoms with Crippen LogP contribution < -0.4 is 4.18 Å². The highest BCUT2D eigenvalue weighted by atomic mass is 32.2. The number of hydrogen-bond acceptors (Lipinski definition) is 4. The molecule has 1 rings (SSSR count). The zero-order chi connectivity index (χ0) is 19.1. The molecule has 0 spiro atoms. The molecule has 26 heavy (non-hydrogen) atoms. The highest BCUT2D eigenvalue weighted by Gasteiger charge is 2.14. The van der Waals surface area contributed by atoms with Gasteiger partial charge in [-0.3, -0.25) is 0 Å². The summed E-state index contributed by atoms with van der Waals surface area (Å²) in [5.41, 5.74) is 0. The SMILES string of the molecule is CCCCCCCCCCCCCCCS(=O)(=O)Oc1ccccc1O. The molecule has 0 saturated heterocycles. The third-order valence-corrected chi connectivity index (χ3v) is 5.80. The van der Waals surface area contributed by atoms with Crippen molar-refractivity contribution >= 4 is 10.1 Å². The second kappa shape index (κ2) is 13.9. The molecule has 0 bridgehead atoms. The minimum atomic E-state index is -3.63. The predicted molar refractivity (Wildman–Crippen MR) is 108 cm³/mol. The number of benzene rings is 1. The molecule has 0 atom stereocenters. The van der Waals surface area contributed by atoms with Gasteiger partial charge in [0.05, 0.1) is 5.75 Å². The number of phenols is 1. The van der Waals surface area contributed by atoms with Gasteiger partial charge in [-0.05, 0) is 18.6 Å². The monoisotopic (exact) mass is 384 g/mol. The fraction of sp³-hybridized carbons (Fsp3) is 0.714. The summed E-state index contributed by atoms with van der Waals surface area (Å²) >= 11 is 0. The second-order valence-corrected chi connectivity index (χ2v) is 8.75. The highest BCUT2D eigenvalue weighted by molar-refractivity contribution is 7.87. The summed E-state index contributed by atoms with van der Waals surface area (Å²) in [5, 5.41) is 9.57. The molecule has 1 aromatic carbocycles. The van der Waals surface area contributed by atoms with E-state index in [1.165, 1.54) is 76.3 Å². The maximum absolute atomic E-state index is 11.9. The number of unbranched alkanes of at least 4 members (excludes halogenated alkanes) is 12. The van der Waals surface area contributed by atoms with Gasteiger partial charge in [0, 0.05) is 0 Å². The Balaban J connectivity index is 1.97. The molecule has 0 aliphatic carbocycles. The Hall–Kier alpha value is -1.23. The van der Waals surface area contributed by atoms with Crippen LogP contribution in [0.3, 0.4) is 0 Å². The molecule has 0 aromatic heterocycles. The molecule has 0 radical (unpaired) electrons. The van der Waals surface area contributed by atoms with Crippen LogP contribution in [0, 0.1) is 0 Å². The Morgan fingerprint density at radius 3 is 1.73 bits per heavy atom. The molecule has 0 amide bonds. The smallest absolute Gasteiger partial charge is 0.309 e. The Labute approximate surface area is 160 Å². The highest BCUT2D eigenvalue weighted by Crippen LogP contribution is 2.26. The fourth-order valence-electron chi connectivity index (χ4n) is 3.00. The normalized spacial score (nSPS) is 11.6. The number of para-hydroxylation sites is 2. The molecule has 0 aliphatic rings. The van der Waals surface area contributed by atoms with E-state index in [2.05, 4.69) is 6.92 Å². The predicted octanol–water partition coefficient (Wildman–Crippen LogP) is 6.19. The molecule has 0 saturated carbocycles. The van der Waals surface area contributed by atoms with Gasteiger partial charge < -0.3 is 9.29 Å². The fourth-order valence-corrected chi connectivity index (χ4v) is 4.06. The van der Waals surface area contributed by atoms with Crippen molar-refractivity contribution in [1.29, 1.82) is 0 Å². The lowest BCUT2D eigenvalue weighted by atomic mass is 10.1. The first-order valence-electron chi connectivity index (χ1n) is 10.3. The summed E-state index contributed by atoms with van der Waals surface area (Å²) in [4.78, 5) is 0. The molecule has 1 N–H and O–H groups in total. The van der Waals surface area contributed by atoms with E-state index in [0.29, 0.717) is 6.42 Å². The van der Waals surface area contributed by atoms with Crippen molar-refractivity contribution in [2.75, 3.05) is 5.75 Å². The van der Waals surface area contributed by atoms with E-state index in [4.69, 9.17) is 4.18 Å². The van der Waals surface area contributed by atoms with Crippen LogP contribution in [-0.2, 0) is 10.1 Å². The van der Waals surface area contributed by atoms with Crippen LogP contribution in [0.2, 0.25) is 0 Å². The lowest BCUT2D eigenvalue weighted by molar-refractivity contribution is 0.427. The molecule has 0 aliphatic heterocycles. The first-order valence-corrected chi connectivity index (χ1v) is 11.8. The van der Waals surface area contributed by atoms with Crippen molar-refractivity contribution in [3.8, 4) is 11.5 Å². The quantitative estimate of drug-likeness (QED) is 0.272. The van der Waals surface area contributed by atoms with Crippen LogP contribution in [0.1, 0.15) is 90.4 Å². The Bertz CT molecular complexity index is 569. The van der Waals surface area contributed by atoms with Gasteiger partial charge in [-0.1, -0.05) is 96.1 Å². The van der Waals surface area contributed by atoms with E-state index in [1.807, 2.05) is 0 Å². The van der Waals surface area contributed by atoms with Crippen molar-refractivity contribution in [3.63, 3.8) is 0 Å². The van der Waals surface area contributed by atoms with Crippen molar-refractivity contribution < 1.29 is 17.7 Å². The number of rotatable bonds is 16. The third kappa shape index (κ3) is 11.4. The third-order valence-electron chi connectivity index (χ3n) is 4.58. The number of aromatic hydroxyl groups is 1. The summed E-state index contributed by atoms with van der Waals surface area (Å²) in [5.74, 6) is -0.150. The Morgan fingerprint density at radius 1 is 0.769 bits per heavy atom. The molecule has 150 valence electrons. The molecule has 0 unspecified atom stereocenters. The van der Waals surface area contributed by atoms with Crippen LogP contribution >= 0.6 is 0 Å². The van der Waals surface area contributed by atoms with Crippen LogP contribution in [0.25, 0.3) is 0 Å². The molecule has 4 nitrogen and oxygen atoms in total. The zero-order valence-electron chi connectivity index (χ0n) is 16.3. The summed E-state index contributed by atoms with van der Waals surface area (Å²) in [6.45, 7) is 2.25. The Kier molecular flexibility index (Phi) is 12.2. The number of hydrogen-bond donors (Lipinski definition) is 1. The van der Waals surface area contributed by atoms with Crippen molar-refractivity contribution in [2.24, 2.45) is 0 Å². The van der Waals surface area contributed by atoms with Gasteiger partial charge in [-0.25, -0.2) is 0 Å². The second-order valence-electron chi connectivity index (χ2n) is 7.06. The van der Waals surface area contributed by atoms with Crippen LogP contribution in [0.5, 0.6) is 11.5 Å². The van der Waals surface area contributed by atoms with E-state index in [-0.39, 0.29) is 17.3 Å². The van der Waals surface area contributed by atoms with Gasteiger partial charge in [0.15, 0.2) is 11.5 Å². The maximum atomic E-state index is 11.9. The first-order chi connectivity index (χ1) is 12.5. The van der Waals surface area contributed by atoms with Gasteiger partial charge >= 0.3 is 10.1 Å². The van der Waals surface area contributed by atoms with E-state index in [9.17, 15) is 13.5 Å². The standard InChI is InChI=1S/C21H36O4S/c1-2-3-4-5-6-7-8-9-10-11-12-13-16-19-26(23,24)25-21-18-15-14-17-20(21)22/h14-15,17-18,22H,2-13,16,19H2,1H3. The molecule has 0 fully saturated rings. The van der Waals surface area contributed by atoms with Gasteiger partial charge in [-0.15, -0.1) is 0 Å². The lowest BCUT2D eigenvalue weighted by Crippen LogP contribution is -2.13. The zero-order valence-corrected chi connectivity index (χ0v) is 17.1. The van der Waals surface area contributed by atoms with Gasteiger partial charge in [0.2, 0.25) is 0 Å². The summed E-state index contributed by atoms with van der Waals surface area (Å²) in [6, 6.07) is 6.13. The van der Waals surface area contributed by atoms with Crippen LogP contribution in [-0.4, -0.2) is 19.3 Å². The summed E-state index contributed by atoms with van der Waals surface area (Å²) in [7, 11) is -3.63. The van der Waals surface area contributed by atoms with E-state index < -0.39 is 10.1 Å².